The second kappa shape index (κ2) is 12.5. The predicted octanol–water partition coefficient (Wildman–Crippen LogP) is 2.73. The number of rotatable bonds is 8. The van der Waals surface area contributed by atoms with E-state index < -0.39 is 19.2 Å². The summed E-state index contributed by atoms with van der Waals surface area (Å²) in [5.41, 5.74) is 1.20. The number of hydrogen-bond donors (Lipinski definition) is 3. The standard InChI is InChI=1S/C27H34BN3O7/c1-27(9-12-36-13-10-27)15-20(16-29)25(32)31-11-5-4-6-21(31)18-38-26(33)30-24(28(34)35)14-19-17-37-23-8-3-2-7-22(19)23/h2-3,7-8,15,17,21,24,34-35H,4-6,9-14,18H2,1H3,(H,30,33)/t21-,24+/m1/s1. The Labute approximate surface area is 222 Å². The zero-order chi connectivity index (χ0) is 27.1. The van der Waals surface area contributed by atoms with Crippen LogP contribution in [0.1, 0.15) is 44.6 Å². The lowest BCUT2D eigenvalue weighted by Crippen LogP contribution is -2.50. The quantitative estimate of drug-likeness (QED) is 0.272. The van der Waals surface area contributed by atoms with Crippen molar-refractivity contribution >= 4 is 30.1 Å². The fraction of sp³-hybridized carbons (Fsp3) is 0.519. The maximum atomic E-state index is 13.3. The molecule has 10 nitrogen and oxygen atoms in total. The highest BCUT2D eigenvalue weighted by Crippen LogP contribution is 2.33. The number of alkyl carbamates (subject to hydrolysis) is 1. The molecular formula is C27H34BN3O7. The van der Waals surface area contributed by atoms with Crippen molar-refractivity contribution < 1.29 is 33.5 Å². The number of hydrogen-bond acceptors (Lipinski definition) is 8. The fourth-order valence-electron chi connectivity index (χ4n) is 5.09. The number of furan rings is 1. The van der Waals surface area contributed by atoms with Crippen molar-refractivity contribution in [1.82, 2.24) is 10.2 Å². The summed E-state index contributed by atoms with van der Waals surface area (Å²) in [4.78, 5) is 27.5. The lowest BCUT2D eigenvalue weighted by molar-refractivity contribution is -0.131. The lowest BCUT2D eigenvalue weighted by atomic mass is 9.76. The van der Waals surface area contributed by atoms with Gasteiger partial charge >= 0.3 is 13.2 Å². The number of nitrogens with one attached hydrogen (secondary N) is 1. The van der Waals surface area contributed by atoms with Gasteiger partial charge in [-0.1, -0.05) is 31.2 Å². The molecule has 0 saturated carbocycles. The molecule has 0 bridgehead atoms. The Kier molecular flexibility index (Phi) is 9.10. The van der Waals surface area contributed by atoms with Gasteiger partial charge in [0, 0.05) is 25.1 Å². The van der Waals surface area contributed by atoms with Crippen molar-refractivity contribution in [3.63, 3.8) is 0 Å². The summed E-state index contributed by atoms with van der Waals surface area (Å²) >= 11 is 0. The van der Waals surface area contributed by atoms with E-state index in [1.54, 1.807) is 17.0 Å². The number of nitrogens with zero attached hydrogens (tertiary/aromatic N) is 2. The lowest BCUT2D eigenvalue weighted by Gasteiger charge is -2.36. The summed E-state index contributed by atoms with van der Waals surface area (Å²) in [5, 5.41) is 32.8. The van der Waals surface area contributed by atoms with Gasteiger partial charge in [0.25, 0.3) is 5.91 Å². The number of nitriles is 1. The van der Waals surface area contributed by atoms with E-state index in [1.165, 1.54) is 6.26 Å². The van der Waals surface area contributed by atoms with E-state index in [2.05, 4.69) is 11.4 Å². The van der Waals surface area contributed by atoms with E-state index in [1.807, 2.05) is 25.1 Å². The summed E-state index contributed by atoms with van der Waals surface area (Å²) in [6.45, 7) is 3.62. The first-order valence-electron chi connectivity index (χ1n) is 13.1. The van der Waals surface area contributed by atoms with Gasteiger partial charge in [0.15, 0.2) is 0 Å². The first-order chi connectivity index (χ1) is 18.3. The van der Waals surface area contributed by atoms with Gasteiger partial charge in [-0.25, -0.2) is 4.79 Å². The highest BCUT2D eigenvalue weighted by molar-refractivity contribution is 6.43. The van der Waals surface area contributed by atoms with Gasteiger partial charge in [0.05, 0.1) is 18.2 Å². The highest BCUT2D eigenvalue weighted by Gasteiger charge is 2.33. The number of allylic oxidation sites excluding steroid dienone is 1. The summed E-state index contributed by atoms with van der Waals surface area (Å²) < 4.78 is 16.3. The molecule has 2 amide bonds. The zero-order valence-electron chi connectivity index (χ0n) is 21.6. The molecule has 202 valence electrons. The van der Waals surface area contributed by atoms with E-state index in [0.717, 1.165) is 36.6 Å². The number of carbonyl (C=O) groups is 2. The maximum absolute atomic E-state index is 13.3. The molecule has 0 unspecified atom stereocenters. The molecule has 0 radical (unpaired) electrons. The van der Waals surface area contributed by atoms with Crippen molar-refractivity contribution in [1.29, 1.82) is 5.26 Å². The van der Waals surface area contributed by atoms with Crippen LogP contribution in [0.5, 0.6) is 0 Å². The van der Waals surface area contributed by atoms with Crippen LogP contribution in [-0.2, 0) is 20.7 Å². The van der Waals surface area contributed by atoms with Crippen LogP contribution in [0.4, 0.5) is 4.79 Å². The number of benzene rings is 1. The first-order valence-corrected chi connectivity index (χ1v) is 13.1. The second-order valence-electron chi connectivity index (χ2n) is 10.3. The molecule has 2 fully saturated rings. The molecule has 2 aromatic rings. The third kappa shape index (κ3) is 6.75. The highest BCUT2D eigenvalue weighted by atomic mass is 16.5. The van der Waals surface area contributed by atoms with Crippen LogP contribution >= 0.6 is 0 Å². The van der Waals surface area contributed by atoms with Gasteiger partial charge in [-0.15, -0.1) is 0 Å². The van der Waals surface area contributed by atoms with Crippen molar-refractivity contribution in [2.45, 2.75) is 57.4 Å². The molecule has 1 aromatic heterocycles. The van der Waals surface area contributed by atoms with Crippen LogP contribution in [0.25, 0.3) is 11.0 Å². The average molecular weight is 523 g/mol. The molecule has 4 rings (SSSR count). The molecule has 38 heavy (non-hydrogen) atoms. The van der Waals surface area contributed by atoms with Crippen molar-refractivity contribution in [2.24, 2.45) is 5.41 Å². The summed E-state index contributed by atoms with van der Waals surface area (Å²) in [6.07, 6.45) is 6.38. The van der Waals surface area contributed by atoms with Gasteiger partial charge in [-0.2, -0.15) is 5.26 Å². The molecule has 2 aliphatic heterocycles. The van der Waals surface area contributed by atoms with E-state index in [-0.39, 0.29) is 36.0 Å². The van der Waals surface area contributed by atoms with Gasteiger partial charge in [-0.05, 0) is 55.6 Å². The summed E-state index contributed by atoms with van der Waals surface area (Å²) in [6, 6.07) is 9.04. The minimum atomic E-state index is -1.82. The number of likely N-dealkylation sites (tertiary alicyclic amines) is 1. The zero-order valence-corrected chi connectivity index (χ0v) is 21.6. The van der Waals surface area contributed by atoms with Gasteiger partial charge in [-0.3, -0.25) is 4.79 Å². The summed E-state index contributed by atoms with van der Waals surface area (Å²) in [7, 11) is -1.82. The molecule has 1 aromatic carbocycles. The van der Waals surface area contributed by atoms with Crippen LogP contribution in [0.2, 0.25) is 0 Å². The molecular weight excluding hydrogens is 489 g/mol. The Bertz CT molecular complexity index is 1200. The second-order valence-corrected chi connectivity index (χ2v) is 10.3. The molecule has 2 aliphatic rings. The SMILES string of the molecule is CC1(C=C(C#N)C(=O)N2CCCC[C@@H]2COC(=O)N[C@@H](Cc2coc3ccccc23)B(O)O)CCOCC1. The molecule has 2 atom stereocenters. The van der Waals surface area contributed by atoms with Crippen LogP contribution in [0.3, 0.4) is 0 Å². The molecule has 0 aliphatic carbocycles. The average Bonchev–Trinajstić information content (AvgIpc) is 3.33. The largest absolute Gasteiger partial charge is 0.475 e. The number of ether oxygens (including phenoxy) is 2. The Morgan fingerprint density at radius 1 is 1.32 bits per heavy atom. The van der Waals surface area contributed by atoms with Crippen LogP contribution in [0.15, 0.2) is 46.6 Å². The minimum Gasteiger partial charge on any atom is -0.464 e. The van der Waals surface area contributed by atoms with Crippen LogP contribution in [-0.4, -0.2) is 72.4 Å². The Hall–Kier alpha value is -3.33. The predicted molar refractivity (Wildman–Crippen MR) is 140 cm³/mol. The third-order valence-electron chi connectivity index (χ3n) is 7.44. The van der Waals surface area contributed by atoms with E-state index in [9.17, 15) is 24.9 Å². The minimum absolute atomic E-state index is 0.0652. The van der Waals surface area contributed by atoms with Gasteiger partial charge < -0.3 is 34.2 Å². The molecule has 2 saturated heterocycles. The topological polar surface area (TPSA) is 145 Å². The van der Waals surface area contributed by atoms with Crippen LogP contribution < -0.4 is 5.32 Å². The summed E-state index contributed by atoms with van der Waals surface area (Å²) in [5.74, 6) is -1.38. The Morgan fingerprint density at radius 3 is 2.82 bits per heavy atom. The number of amides is 2. The maximum Gasteiger partial charge on any atom is 0.475 e. The van der Waals surface area contributed by atoms with Gasteiger partial charge in [0.2, 0.25) is 0 Å². The monoisotopic (exact) mass is 523 g/mol. The van der Waals surface area contributed by atoms with Crippen LogP contribution in [0, 0.1) is 16.7 Å². The smallest absolute Gasteiger partial charge is 0.464 e. The van der Waals surface area contributed by atoms with Crippen molar-refractivity contribution in [3.8, 4) is 6.07 Å². The number of carbonyl (C=O) groups excluding carboxylic acids is 2. The van der Waals surface area contributed by atoms with Crippen molar-refractivity contribution in [2.75, 3.05) is 26.4 Å². The van der Waals surface area contributed by atoms with E-state index in [0.29, 0.717) is 31.8 Å². The molecule has 3 N–H and O–H groups in total. The normalized spacial score (nSPS) is 20.4. The number of para-hydroxylation sites is 1. The molecule has 11 heteroatoms. The third-order valence-corrected chi connectivity index (χ3v) is 7.44. The first kappa shape index (κ1) is 27.7. The molecule has 0 spiro atoms. The Balaban J connectivity index is 1.37. The Morgan fingerprint density at radius 2 is 2.08 bits per heavy atom. The van der Waals surface area contributed by atoms with E-state index >= 15 is 0 Å². The number of piperidine rings is 1. The van der Waals surface area contributed by atoms with E-state index in [4.69, 9.17) is 13.9 Å². The van der Waals surface area contributed by atoms with Crippen molar-refractivity contribution in [3.05, 3.63) is 47.7 Å². The molecule has 3 heterocycles. The fourth-order valence-corrected chi connectivity index (χ4v) is 5.09. The van der Waals surface area contributed by atoms with Gasteiger partial charge in [0.1, 0.15) is 23.8 Å². The number of fused-ring (bicyclic) bond motifs is 1.